The quantitative estimate of drug-likeness (QED) is 0.581. The highest BCUT2D eigenvalue weighted by atomic mass is 35.5. The van der Waals surface area contributed by atoms with Crippen molar-refractivity contribution in [1.82, 2.24) is 14.5 Å². The fourth-order valence-corrected chi connectivity index (χ4v) is 2.38. The summed E-state index contributed by atoms with van der Waals surface area (Å²) in [6, 6.07) is 2.05. The molecule has 2 aromatic rings. The van der Waals surface area contributed by atoms with E-state index >= 15 is 0 Å². The van der Waals surface area contributed by atoms with Gasteiger partial charge in [-0.25, -0.2) is 4.98 Å². The molecule has 2 aromatic heterocycles. The molecule has 0 saturated heterocycles. The number of halogens is 1. The average Bonchev–Trinajstić information content (AvgIpc) is 2.78. The Morgan fingerprint density at radius 1 is 1.35 bits per heavy atom. The molecule has 1 unspecified atom stereocenters. The molecule has 5 nitrogen and oxygen atoms in total. The first-order valence-electron chi connectivity index (χ1n) is 6.88. The van der Waals surface area contributed by atoms with Crippen LogP contribution in [0.5, 0.6) is 0 Å². The monoisotopic (exact) mass is 297 g/mol. The Morgan fingerprint density at radius 2 is 2.15 bits per heavy atom. The molecule has 110 valence electrons. The van der Waals surface area contributed by atoms with Gasteiger partial charge in [-0.3, -0.25) is 0 Å². The summed E-state index contributed by atoms with van der Waals surface area (Å²) in [6.45, 7) is 8.72. The number of nitrogens with zero attached hydrogens (tertiary/aromatic N) is 3. The van der Waals surface area contributed by atoms with E-state index in [1.165, 1.54) is 0 Å². The number of aromatic nitrogens is 3. The minimum atomic E-state index is -0.00500. The third-order valence-corrected chi connectivity index (χ3v) is 3.32. The van der Waals surface area contributed by atoms with Crippen LogP contribution in [0.2, 0.25) is 5.28 Å². The first-order chi connectivity index (χ1) is 9.67. The van der Waals surface area contributed by atoms with Crippen LogP contribution in [-0.2, 0) is 16.0 Å². The minimum Gasteiger partial charge on any atom is -0.380 e. The van der Waals surface area contributed by atoms with Crippen LogP contribution in [0.3, 0.4) is 0 Å². The van der Waals surface area contributed by atoms with Gasteiger partial charge in [0.1, 0.15) is 5.65 Å². The number of hydrogen-bond donors (Lipinski definition) is 0. The minimum absolute atomic E-state index is 0.00500. The Labute approximate surface area is 123 Å². The molecule has 0 spiro atoms. The third kappa shape index (κ3) is 3.29. The van der Waals surface area contributed by atoms with Crippen LogP contribution in [-0.4, -0.2) is 34.4 Å². The Bertz CT molecular complexity index is 571. The van der Waals surface area contributed by atoms with Gasteiger partial charge in [0.25, 0.3) is 0 Å². The van der Waals surface area contributed by atoms with Crippen molar-refractivity contribution in [2.24, 2.45) is 0 Å². The van der Waals surface area contributed by atoms with E-state index in [-0.39, 0.29) is 11.4 Å². The summed E-state index contributed by atoms with van der Waals surface area (Å²) in [4.78, 5) is 8.36. The maximum Gasteiger partial charge on any atom is 0.224 e. The average molecular weight is 298 g/mol. The molecule has 0 aliphatic rings. The summed E-state index contributed by atoms with van der Waals surface area (Å²) < 4.78 is 13.2. The summed E-state index contributed by atoms with van der Waals surface area (Å²) in [5.41, 5.74) is 1.89. The lowest BCUT2D eigenvalue weighted by Gasteiger charge is -2.16. The fourth-order valence-electron chi connectivity index (χ4n) is 2.25. The smallest absolute Gasteiger partial charge is 0.224 e. The van der Waals surface area contributed by atoms with Crippen molar-refractivity contribution >= 4 is 22.6 Å². The van der Waals surface area contributed by atoms with E-state index in [2.05, 4.69) is 20.6 Å². The van der Waals surface area contributed by atoms with Crippen LogP contribution in [0.4, 0.5) is 0 Å². The van der Waals surface area contributed by atoms with Gasteiger partial charge in [0.15, 0.2) is 0 Å². The Morgan fingerprint density at radius 3 is 2.85 bits per heavy atom. The Hall–Kier alpha value is -1.17. The molecule has 1 atom stereocenters. The Balaban J connectivity index is 2.40. The lowest BCUT2D eigenvalue weighted by molar-refractivity contribution is 0.0689. The van der Waals surface area contributed by atoms with E-state index in [4.69, 9.17) is 21.1 Å². The van der Waals surface area contributed by atoms with Gasteiger partial charge in [0, 0.05) is 37.0 Å². The molecule has 0 aliphatic heterocycles. The molecule has 2 heterocycles. The molecule has 0 fully saturated rings. The number of ether oxygens (including phenoxy) is 2. The first kappa shape index (κ1) is 15.2. The van der Waals surface area contributed by atoms with Crippen LogP contribution in [0.1, 0.15) is 32.6 Å². The molecular weight excluding hydrogens is 278 g/mol. The highest BCUT2D eigenvalue weighted by molar-refractivity contribution is 6.28. The largest absolute Gasteiger partial charge is 0.380 e. The first-order valence-corrected chi connectivity index (χ1v) is 7.26. The zero-order valence-electron chi connectivity index (χ0n) is 12.1. The SMILES string of the molecule is CCOCCn1c(C(C)OCC)cc2cnc(Cl)nc21. The van der Waals surface area contributed by atoms with Crippen molar-refractivity contribution in [1.29, 1.82) is 0 Å². The van der Waals surface area contributed by atoms with E-state index in [1.807, 2.05) is 20.8 Å². The molecule has 0 aliphatic carbocycles. The van der Waals surface area contributed by atoms with Crippen molar-refractivity contribution in [3.8, 4) is 0 Å². The second-order valence-electron chi connectivity index (χ2n) is 4.43. The van der Waals surface area contributed by atoms with Gasteiger partial charge < -0.3 is 14.0 Å². The van der Waals surface area contributed by atoms with Crippen LogP contribution in [0.15, 0.2) is 12.3 Å². The molecule has 6 heteroatoms. The van der Waals surface area contributed by atoms with Crippen LogP contribution < -0.4 is 0 Å². The van der Waals surface area contributed by atoms with E-state index < -0.39 is 0 Å². The molecule has 0 bridgehead atoms. The van der Waals surface area contributed by atoms with Crippen molar-refractivity contribution < 1.29 is 9.47 Å². The zero-order valence-corrected chi connectivity index (χ0v) is 12.9. The standard InChI is InChI=1S/C14H20ClN3O2/c1-4-19-7-6-18-12(10(3)20-5-2)8-11-9-16-14(15)17-13(11)18/h8-10H,4-7H2,1-3H3. The highest BCUT2D eigenvalue weighted by Crippen LogP contribution is 2.25. The van der Waals surface area contributed by atoms with Crippen molar-refractivity contribution in [2.45, 2.75) is 33.4 Å². The van der Waals surface area contributed by atoms with Crippen LogP contribution >= 0.6 is 11.6 Å². The van der Waals surface area contributed by atoms with Crippen LogP contribution in [0, 0.1) is 0 Å². The fraction of sp³-hybridized carbons (Fsp3) is 0.571. The summed E-state index contributed by atoms with van der Waals surface area (Å²) in [7, 11) is 0. The summed E-state index contributed by atoms with van der Waals surface area (Å²) in [5, 5.41) is 1.22. The number of rotatable bonds is 7. The maximum absolute atomic E-state index is 5.90. The van der Waals surface area contributed by atoms with Crippen molar-refractivity contribution in [3.05, 3.63) is 23.2 Å². The second-order valence-corrected chi connectivity index (χ2v) is 4.77. The zero-order chi connectivity index (χ0) is 14.5. The number of fused-ring (bicyclic) bond motifs is 1. The summed E-state index contributed by atoms with van der Waals surface area (Å²) >= 11 is 5.90. The van der Waals surface area contributed by atoms with Gasteiger partial charge in [-0.2, -0.15) is 4.98 Å². The molecule has 0 saturated carbocycles. The van der Waals surface area contributed by atoms with Crippen LogP contribution in [0.25, 0.3) is 11.0 Å². The van der Waals surface area contributed by atoms with E-state index in [9.17, 15) is 0 Å². The molecule has 0 amide bonds. The molecular formula is C14H20ClN3O2. The van der Waals surface area contributed by atoms with E-state index in [0.29, 0.717) is 19.8 Å². The summed E-state index contributed by atoms with van der Waals surface area (Å²) in [6.07, 6.45) is 1.74. The molecule has 20 heavy (non-hydrogen) atoms. The second kappa shape index (κ2) is 7.02. The lowest BCUT2D eigenvalue weighted by Crippen LogP contribution is -2.12. The van der Waals surface area contributed by atoms with Gasteiger partial charge in [-0.05, 0) is 38.4 Å². The predicted molar refractivity (Wildman–Crippen MR) is 79.1 cm³/mol. The predicted octanol–water partition coefficient (Wildman–Crippen LogP) is 3.22. The normalized spacial score (nSPS) is 13.0. The Kier molecular flexibility index (Phi) is 5.34. The van der Waals surface area contributed by atoms with Crippen molar-refractivity contribution in [3.63, 3.8) is 0 Å². The topological polar surface area (TPSA) is 49.2 Å². The van der Waals surface area contributed by atoms with E-state index in [1.54, 1.807) is 6.20 Å². The third-order valence-electron chi connectivity index (χ3n) is 3.13. The van der Waals surface area contributed by atoms with Gasteiger partial charge in [-0.15, -0.1) is 0 Å². The summed E-state index contributed by atoms with van der Waals surface area (Å²) in [5.74, 6) is 0. The molecule has 0 N–H and O–H groups in total. The highest BCUT2D eigenvalue weighted by Gasteiger charge is 2.16. The van der Waals surface area contributed by atoms with Gasteiger partial charge in [0.2, 0.25) is 5.28 Å². The van der Waals surface area contributed by atoms with Gasteiger partial charge in [0.05, 0.1) is 12.7 Å². The number of hydrogen-bond acceptors (Lipinski definition) is 4. The lowest BCUT2D eigenvalue weighted by atomic mass is 10.2. The molecule has 2 rings (SSSR count). The maximum atomic E-state index is 5.90. The molecule has 0 aromatic carbocycles. The van der Waals surface area contributed by atoms with Gasteiger partial charge >= 0.3 is 0 Å². The van der Waals surface area contributed by atoms with Crippen molar-refractivity contribution in [2.75, 3.05) is 19.8 Å². The van der Waals surface area contributed by atoms with E-state index in [0.717, 1.165) is 23.3 Å². The van der Waals surface area contributed by atoms with Gasteiger partial charge in [-0.1, -0.05) is 0 Å². The molecule has 0 radical (unpaired) electrons.